The maximum absolute atomic E-state index is 13.0. The van der Waals surface area contributed by atoms with Gasteiger partial charge in [-0.25, -0.2) is 9.48 Å². The number of aromatic amines is 1. The van der Waals surface area contributed by atoms with Gasteiger partial charge in [-0.15, -0.1) is 0 Å². The van der Waals surface area contributed by atoms with Crippen molar-refractivity contribution in [3.8, 4) is 22.7 Å². The first-order chi connectivity index (χ1) is 19.4. The number of benzene rings is 3. The molecule has 0 spiro atoms. The molecular formula is C31H27ClN4O4. The summed E-state index contributed by atoms with van der Waals surface area (Å²) in [7, 11) is 2.91. The third-order valence-electron chi connectivity index (χ3n) is 6.49. The molecule has 8 nitrogen and oxygen atoms in total. The number of fused-ring (bicyclic) bond motifs is 1. The van der Waals surface area contributed by atoms with Gasteiger partial charge in [-0.2, -0.15) is 5.10 Å². The van der Waals surface area contributed by atoms with Crippen molar-refractivity contribution in [3.63, 3.8) is 0 Å². The molecule has 2 heterocycles. The van der Waals surface area contributed by atoms with Crippen LogP contribution in [-0.4, -0.2) is 46.9 Å². The number of hydrogen-bond donors (Lipinski definition) is 2. The van der Waals surface area contributed by atoms with Crippen LogP contribution < -0.4 is 10.1 Å². The first kappa shape index (κ1) is 26.8. The Morgan fingerprint density at radius 3 is 2.62 bits per heavy atom. The highest BCUT2D eigenvalue weighted by Gasteiger charge is 2.23. The van der Waals surface area contributed by atoms with Gasteiger partial charge < -0.3 is 19.8 Å². The summed E-state index contributed by atoms with van der Waals surface area (Å²) in [6, 6.07) is 21.7. The summed E-state index contributed by atoms with van der Waals surface area (Å²) < 4.78 is 12.0. The number of para-hydroxylation sites is 1. The molecule has 202 valence electrons. The fraction of sp³-hybridized carbons (Fsp3) is 0.129. The Morgan fingerprint density at radius 1 is 1.07 bits per heavy atom. The molecule has 0 saturated heterocycles. The Bertz CT molecular complexity index is 1690. The minimum Gasteiger partial charge on any atom is -0.497 e. The molecule has 5 aromatic rings. The molecule has 2 N–H and O–H groups in total. The largest absolute Gasteiger partial charge is 0.497 e. The fourth-order valence-electron chi connectivity index (χ4n) is 4.47. The van der Waals surface area contributed by atoms with Crippen molar-refractivity contribution in [2.75, 3.05) is 14.2 Å². The van der Waals surface area contributed by atoms with Crippen LogP contribution in [0.5, 0.6) is 5.75 Å². The van der Waals surface area contributed by atoms with E-state index in [1.165, 1.54) is 13.2 Å². The van der Waals surface area contributed by atoms with E-state index in [1.807, 2.05) is 73.1 Å². The van der Waals surface area contributed by atoms with Crippen molar-refractivity contribution in [1.29, 1.82) is 0 Å². The number of rotatable bonds is 9. The van der Waals surface area contributed by atoms with Crippen LogP contribution in [0.3, 0.4) is 0 Å². The molecule has 0 saturated carbocycles. The van der Waals surface area contributed by atoms with Gasteiger partial charge >= 0.3 is 5.97 Å². The van der Waals surface area contributed by atoms with Gasteiger partial charge in [-0.1, -0.05) is 35.9 Å². The summed E-state index contributed by atoms with van der Waals surface area (Å²) in [5, 5.41) is 9.12. The number of nitrogens with zero attached hydrogens (tertiary/aromatic N) is 2. The van der Waals surface area contributed by atoms with E-state index in [0.29, 0.717) is 16.3 Å². The quantitative estimate of drug-likeness (QED) is 0.183. The van der Waals surface area contributed by atoms with Crippen LogP contribution >= 0.6 is 11.6 Å². The molecule has 0 aliphatic heterocycles. The van der Waals surface area contributed by atoms with Crippen LogP contribution in [0.4, 0.5) is 0 Å². The van der Waals surface area contributed by atoms with Crippen LogP contribution in [0, 0.1) is 0 Å². The summed E-state index contributed by atoms with van der Waals surface area (Å²) >= 11 is 6.20. The van der Waals surface area contributed by atoms with E-state index < -0.39 is 17.9 Å². The second-order valence-corrected chi connectivity index (χ2v) is 9.50. The second-order valence-electron chi connectivity index (χ2n) is 9.07. The zero-order chi connectivity index (χ0) is 28.1. The van der Waals surface area contributed by atoms with E-state index in [1.54, 1.807) is 30.0 Å². The van der Waals surface area contributed by atoms with Crippen molar-refractivity contribution < 1.29 is 19.1 Å². The van der Waals surface area contributed by atoms with Crippen LogP contribution in [-0.2, 0) is 20.7 Å². The third-order valence-corrected chi connectivity index (χ3v) is 6.73. The first-order valence-electron chi connectivity index (χ1n) is 12.6. The molecule has 1 atom stereocenters. The summed E-state index contributed by atoms with van der Waals surface area (Å²) in [6.45, 7) is 0. The van der Waals surface area contributed by atoms with Crippen LogP contribution in [0.2, 0.25) is 5.02 Å². The van der Waals surface area contributed by atoms with E-state index in [0.717, 1.165) is 33.5 Å². The molecule has 0 bridgehead atoms. The van der Waals surface area contributed by atoms with Gasteiger partial charge in [0.2, 0.25) is 5.91 Å². The van der Waals surface area contributed by atoms with Crippen molar-refractivity contribution in [2.24, 2.45) is 0 Å². The number of hydrogen-bond acceptors (Lipinski definition) is 5. The van der Waals surface area contributed by atoms with Gasteiger partial charge in [0.15, 0.2) is 0 Å². The molecule has 3 aromatic carbocycles. The minimum absolute atomic E-state index is 0.278. The van der Waals surface area contributed by atoms with E-state index in [9.17, 15) is 9.59 Å². The Hall–Kier alpha value is -4.82. The smallest absolute Gasteiger partial charge is 0.328 e. The molecule has 0 aliphatic rings. The molecular weight excluding hydrogens is 528 g/mol. The van der Waals surface area contributed by atoms with Crippen LogP contribution in [0.25, 0.3) is 33.9 Å². The van der Waals surface area contributed by atoms with Crippen molar-refractivity contribution in [3.05, 3.63) is 107 Å². The lowest BCUT2D eigenvalue weighted by atomic mass is 10.0. The Labute approximate surface area is 236 Å². The zero-order valence-corrected chi connectivity index (χ0v) is 22.7. The Balaban J connectivity index is 1.41. The van der Waals surface area contributed by atoms with Crippen LogP contribution in [0.1, 0.15) is 11.1 Å². The third kappa shape index (κ3) is 5.92. The van der Waals surface area contributed by atoms with E-state index in [2.05, 4.69) is 10.3 Å². The number of carbonyl (C=O) groups is 2. The van der Waals surface area contributed by atoms with Crippen molar-refractivity contribution in [1.82, 2.24) is 20.1 Å². The average molecular weight is 555 g/mol. The van der Waals surface area contributed by atoms with Gasteiger partial charge in [0.05, 0.1) is 25.6 Å². The Kier molecular flexibility index (Phi) is 7.98. The normalized spacial score (nSPS) is 12.0. The molecule has 0 aliphatic carbocycles. The number of amides is 1. The standard InChI is InChI=1S/C31H27ClN4O4/c1-39-25-13-10-20(11-14-25)30-21(19-36(35-30)24-7-5-6-23(32)17-24)12-15-29(37)34-28(31(38)40-2)16-22-18-33-27-9-4-3-8-26(22)27/h3-15,17-19,28,33H,16H2,1-2H3,(H,34,37)/b15-12+. The molecule has 0 fully saturated rings. The number of halogens is 1. The Morgan fingerprint density at radius 2 is 1.88 bits per heavy atom. The van der Waals surface area contributed by atoms with Gasteiger partial charge in [-0.3, -0.25) is 4.79 Å². The van der Waals surface area contributed by atoms with Gasteiger partial charge in [0.1, 0.15) is 11.8 Å². The molecule has 1 unspecified atom stereocenters. The summed E-state index contributed by atoms with van der Waals surface area (Å²) in [6.07, 6.45) is 6.99. The van der Waals surface area contributed by atoms with Gasteiger partial charge in [0, 0.05) is 51.9 Å². The molecule has 5 rings (SSSR count). The first-order valence-corrected chi connectivity index (χ1v) is 12.9. The highest BCUT2D eigenvalue weighted by Crippen LogP contribution is 2.27. The summed E-state index contributed by atoms with van der Waals surface area (Å²) in [4.78, 5) is 28.8. The molecule has 1 amide bonds. The molecule has 2 aromatic heterocycles. The highest BCUT2D eigenvalue weighted by molar-refractivity contribution is 6.30. The number of esters is 1. The lowest BCUT2D eigenvalue weighted by molar-refractivity contribution is -0.144. The summed E-state index contributed by atoms with van der Waals surface area (Å²) in [5.41, 5.74) is 4.83. The maximum Gasteiger partial charge on any atom is 0.328 e. The fourth-order valence-corrected chi connectivity index (χ4v) is 4.66. The topological polar surface area (TPSA) is 98.2 Å². The number of nitrogens with one attached hydrogen (secondary N) is 2. The van der Waals surface area contributed by atoms with Crippen molar-refractivity contribution in [2.45, 2.75) is 12.5 Å². The predicted octanol–water partition coefficient (Wildman–Crippen LogP) is 5.60. The SMILES string of the molecule is COC(=O)C(Cc1c[nH]c2ccccc12)NC(=O)/C=C/c1cn(-c2cccc(Cl)c2)nc1-c1ccc(OC)cc1. The van der Waals surface area contributed by atoms with Gasteiger partial charge in [-0.05, 0) is 60.2 Å². The number of H-pyrrole nitrogens is 1. The van der Waals surface area contributed by atoms with E-state index in [-0.39, 0.29) is 6.42 Å². The molecule has 0 radical (unpaired) electrons. The molecule has 40 heavy (non-hydrogen) atoms. The lowest BCUT2D eigenvalue weighted by Crippen LogP contribution is -2.42. The number of methoxy groups -OCH3 is 2. The van der Waals surface area contributed by atoms with Gasteiger partial charge in [0.25, 0.3) is 0 Å². The average Bonchev–Trinajstić information content (AvgIpc) is 3.60. The monoisotopic (exact) mass is 554 g/mol. The second kappa shape index (κ2) is 11.9. The van der Waals surface area contributed by atoms with Crippen LogP contribution in [0.15, 0.2) is 91.3 Å². The maximum atomic E-state index is 13.0. The van der Waals surface area contributed by atoms with Crippen molar-refractivity contribution >= 4 is 40.5 Å². The van der Waals surface area contributed by atoms with E-state index >= 15 is 0 Å². The summed E-state index contributed by atoms with van der Waals surface area (Å²) in [5.74, 6) is -0.246. The number of carbonyl (C=O) groups excluding carboxylic acids is 2. The minimum atomic E-state index is -0.864. The number of aromatic nitrogens is 3. The highest BCUT2D eigenvalue weighted by atomic mass is 35.5. The molecule has 9 heteroatoms. The van der Waals surface area contributed by atoms with E-state index in [4.69, 9.17) is 26.2 Å². The number of ether oxygens (including phenoxy) is 2. The predicted molar refractivity (Wildman–Crippen MR) is 156 cm³/mol. The lowest BCUT2D eigenvalue weighted by Gasteiger charge is -2.15. The zero-order valence-electron chi connectivity index (χ0n) is 21.9.